The number of aromatic nitrogens is 1. The van der Waals surface area contributed by atoms with Gasteiger partial charge in [0, 0.05) is 6.04 Å². The number of thioether (sulfide) groups is 1. The molecule has 0 aliphatic carbocycles. The lowest BCUT2D eigenvalue weighted by atomic mass is 10.2. The van der Waals surface area contributed by atoms with Crippen molar-refractivity contribution in [2.75, 3.05) is 17.4 Å². The zero-order valence-corrected chi connectivity index (χ0v) is 11.9. The van der Waals surface area contributed by atoms with Gasteiger partial charge in [0.2, 0.25) is 0 Å². The maximum atomic E-state index is 12.0. The van der Waals surface area contributed by atoms with Gasteiger partial charge in [-0.25, -0.2) is 10.8 Å². The molecule has 0 aliphatic rings. The molecule has 1 atom stereocenters. The van der Waals surface area contributed by atoms with Crippen LogP contribution in [0, 0.1) is 0 Å². The van der Waals surface area contributed by atoms with Gasteiger partial charge >= 0.3 is 0 Å². The number of hydrogen-bond acceptors (Lipinski definition) is 5. The number of nitrogens with one attached hydrogen (secondary N) is 2. The number of amides is 1. The van der Waals surface area contributed by atoms with E-state index in [1.807, 2.05) is 13.2 Å². The van der Waals surface area contributed by atoms with Crippen LogP contribution < -0.4 is 16.6 Å². The van der Waals surface area contributed by atoms with E-state index in [1.54, 1.807) is 23.9 Å². The van der Waals surface area contributed by atoms with Crippen molar-refractivity contribution >= 4 is 35.1 Å². The standard InChI is InChI=1S/C11H17ClN4OS/c1-7(5-6-18-2)14-11(17)10-8(12)3-4-9(15-10)16-13/h3-4,7H,5-6,13H2,1-2H3,(H,14,17)(H,15,16). The minimum atomic E-state index is -0.286. The lowest BCUT2D eigenvalue weighted by molar-refractivity contribution is 0.0935. The van der Waals surface area contributed by atoms with E-state index >= 15 is 0 Å². The molecular formula is C11H17ClN4OS. The average molecular weight is 289 g/mol. The minimum Gasteiger partial charge on any atom is -0.348 e. The van der Waals surface area contributed by atoms with E-state index in [0.29, 0.717) is 10.8 Å². The number of halogens is 1. The molecule has 4 N–H and O–H groups in total. The third-order valence-corrected chi connectivity index (χ3v) is 3.29. The monoisotopic (exact) mass is 288 g/mol. The maximum absolute atomic E-state index is 12.0. The predicted octanol–water partition coefficient (Wildman–Crippen LogP) is 1.89. The van der Waals surface area contributed by atoms with Crippen LogP contribution in [0.2, 0.25) is 5.02 Å². The molecular weight excluding hydrogens is 272 g/mol. The van der Waals surface area contributed by atoms with Gasteiger partial charge < -0.3 is 10.7 Å². The molecule has 0 aromatic carbocycles. The SMILES string of the molecule is CSCCC(C)NC(=O)c1nc(NN)ccc1Cl. The molecule has 1 rings (SSSR count). The predicted molar refractivity (Wildman–Crippen MR) is 77.0 cm³/mol. The van der Waals surface area contributed by atoms with Crippen LogP contribution in [-0.2, 0) is 0 Å². The fourth-order valence-electron chi connectivity index (χ4n) is 1.34. The Morgan fingerprint density at radius 2 is 2.33 bits per heavy atom. The molecule has 1 heterocycles. The Labute approximate surface area is 116 Å². The summed E-state index contributed by atoms with van der Waals surface area (Å²) in [5, 5.41) is 3.16. The van der Waals surface area contributed by atoms with Crippen LogP contribution in [0.15, 0.2) is 12.1 Å². The van der Waals surface area contributed by atoms with E-state index in [0.717, 1.165) is 12.2 Å². The molecule has 0 aliphatic heterocycles. The van der Waals surface area contributed by atoms with Crippen molar-refractivity contribution in [2.45, 2.75) is 19.4 Å². The smallest absolute Gasteiger partial charge is 0.271 e. The zero-order chi connectivity index (χ0) is 13.5. The lowest BCUT2D eigenvalue weighted by Crippen LogP contribution is -2.33. The highest BCUT2D eigenvalue weighted by molar-refractivity contribution is 7.98. The van der Waals surface area contributed by atoms with Gasteiger partial charge in [0.1, 0.15) is 11.5 Å². The number of rotatable bonds is 6. The summed E-state index contributed by atoms with van der Waals surface area (Å²) >= 11 is 7.68. The fourth-order valence-corrected chi connectivity index (χ4v) is 2.12. The molecule has 0 saturated heterocycles. The van der Waals surface area contributed by atoms with Crippen LogP contribution in [0.4, 0.5) is 5.82 Å². The van der Waals surface area contributed by atoms with Crippen molar-refractivity contribution in [2.24, 2.45) is 5.84 Å². The van der Waals surface area contributed by atoms with Crippen molar-refractivity contribution in [1.29, 1.82) is 0 Å². The van der Waals surface area contributed by atoms with E-state index < -0.39 is 0 Å². The third kappa shape index (κ3) is 4.36. The Hall–Kier alpha value is -0.980. The molecule has 5 nitrogen and oxygen atoms in total. The van der Waals surface area contributed by atoms with Gasteiger partial charge in [0.05, 0.1) is 5.02 Å². The number of nitrogens with zero attached hydrogens (tertiary/aromatic N) is 1. The molecule has 0 fully saturated rings. The molecule has 100 valence electrons. The summed E-state index contributed by atoms with van der Waals surface area (Å²) in [4.78, 5) is 16.0. The Morgan fingerprint density at radius 1 is 1.61 bits per heavy atom. The van der Waals surface area contributed by atoms with Gasteiger partial charge in [-0.05, 0) is 37.5 Å². The van der Waals surface area contributed by atoms with Gasteiger partial charge in [-0.2, -0.15) is 11.8 Å². The fraction of sp³-hybridized carbons (Fsp3) is 0.455. The van der Waals surface area contributed by atoms with Crippen molar-refractivity contribution in [1.82, 2.24) is 10.3 Å². The minimum absolute atomic E-state index is 0.0808. The van der Waals surface area contributed by atoms with Crippen molar-refractivity contribution < 1.29 is 4.79 Å². The van der Waals surface area contributed by atoms with E-state index in [1.165, 1.54) is 0 Å². The molecule has 0 radical (unpaired) electrons. The largest absolute Gasteiger partial charge is 0.348 e. The molecule has 0 saturated carbocycles. The molecule has 0 bridgehead atoms. The Balaban J connectivity index is 2.71. The Morgan fingerprint density at radius 3 is 2.94 bits per heavy atom. The topological polar surface area (TPSA) is 80.0 Å². The van der Waals surface area contributed by atoms with Crippen molar-refractivity contribution in [3.63, 3.8) is 0 Å². The number of anilines is 1. The molecule has 7 heteroatoms. The molecule has 1 unspecified atom stereocenters. The van der Waals surface area contributed by atoms with E-state index in [9.17, 15) is 4.79 Å². The summed E-state index contributed by atoms with van der Waals surface area (Å²) in [5.74, 6) is 6.36. The van der Waals surface area contributed by atoms with E-state index in [4.69, 9.17) is 17.4 Å². The zero-order valence-electron chi connectivity index (χ0n) is 10.4. The van der Waals surface area contributed by atoms with Crippen LogP contribution in [0.5, 0.6) is 0 Å². The number of carbonyl (C=O) groups excluding carboxylic acids is 1. The highest BCUT2D eigenvalue weighted by Gasteiger charge is 2.15. The van der Waals surface area contributed by atoms with Crippen LogP contribution in [-0.4, -0.2) is 28.9 Å². The van der Waals surface area contributed by atoms with Gasteiger partial charge in [-0.1, -0.05) is 11.6 Å². The maximum Gasteiger partial charge on any atom is 0.271 e. The summed E-state index contributed by atoms with van der Waals surface area (Å²) in [6.07, 6.45) is 2.93. The Bertz CT molecular complexity index is 416. The van der Waals surface area contributed by atoms with Crippen LogP contribution in [0.3, 0.4) is 0 Å². The van der Waals surface area contributed by atoms with E-state index in [2.05, 4.69) is 15.7 Å². The molecule has 0 spiro atoms. The van der Waals surface area contributed by atoms with Gasteiger partial charge in [0.15, 0.2) is 0 Å². The molecule has 18 heavy (non-hydrogen) atoms. The first kappa shape index (κ1) is 15.1. The number of hydrogen-bond donors (Lipinski definition) is 3. The number of pyridine rings is 1. The van der Waals surface area contributed by atoms with Crippen molar-refractivity contribution in [3.05, 3.63) is 22.8 Å². The summed E-state index contributed by atoms with van der Waals surface area (Å²) in [5.41, 5.74) is 2.57. The first-order valence-corrected chi connectivity index (χ1v) is 7.28. The molecule has 1 amide bonds. The van der Waals surface area contributed by atoms with Crippen molar-refractivity contribution in [3.8, 4) is 0 Å². The summed E-state index contributed by atoms with van der Waals surface area (Å²) in [6, 6.07) is 3.28. The van der Waals surface area contributed by atoms with Gasteiger partial charge in [-0.3, -0.25) is 4.79 Å². The van der Waals surface area contributed by atoms with Gasteiger partial charge in [-0.15, -0.1) is 0 Å². The summed E-state index contributed by atoms with van der Waals surface area (Å²) in [7, 11) is 0. The Kier molecular flexibility index (Phi) is 6.24. The summed E-state index contributed by atoms with van der Waals surface area (Å²) < 4.78 is 0. The number of nitrogens with two attached hydrogens (primary N) is 1. The second kappa shape index (κ2) is 7.45. The first-order valence-electron chi connectivity index (χ1n) is 5.51. The number of nitrogen functional groups attached to an aromatic ring is 1. The van der Waals surface area contributed by atoms with E-state index in [-0.39, 0.29) is 17.6 Å². The van der Waals surface area contributed by atoms with Crippen LogP contribution >= 0.6 is 23.4 Å². The van der Waals surface area contributed by atoms with Crippen LogP contribution in [0.1, 0.15) is 23.8 Å². The lowest BCUT2D eigenvalue weighted by Gasteiger charge is -2.13. The van der Waals surface area contributed by atoms with Crippen LogP contribution in [0.25, 0.3) is 0 Å². The highest BCUT2D eigenvalue weighted by atomic mass is 35.5. The normalized spacial score (nSPS) is 12.0. The molecule has 1 aromatic heterocycles. The quantitative estimate of drug-likeness (QED) is 0.550. The molecule has 1 aromatic rings. The average Bonchev–Trinajstić information content (AvgIpc) is 2.36. The first-order chi connectivity index (χ1) is 8.58. The highest BCUT2D eigenvalue weighted by Crippen LogP contribution is 2.16. The van der Waals surface area contributed by atoms with Gasteiger partial charge in [0.25, 0.3) is 5.91 Å². The number of carbonyl (C=O) groups is 1. The second-order valence-electron chi connectivity index (χ2n) is 3.83. The number of hydrazine groups is 1. The summed E-state index contributed by atoms with van der Waals surface area (Å²) in [6.45, 7) is 1.95. The third-order valence-electron chi connectivity index (χ3n) is 2.34. The second-order valence-corrected chi connectivity index (χ2v) is 5.22.